The summed E-state index contributed by atoms with van der Waals surface area (Å²) in [5, 5.41) is 2.80. The maximum Gasteiger partial charge on any atom is 0.416 e. The van der Waals surface area contributed by atoms with Gasteiger partial charge in [-0.25, -0.2) is 9.37 Å². The molecule has 0 spiro atoms. The van der Waals surface area contributed by atoms with Crippen LogP contribution >= 0.6 is 0 Å². The first-order valence-electron chi connectivity index (χ1n) is 9.45. The third-order valence-electron chi connectivity index (χ3n) is 4.61. The maximum atomic E-state index is 13.4. The number of pyridine rings is 1. The van der Waals surface area contributed by atoms with E-state index in [1.165, 1.54) is 0 Å². The molecular formula is C22H23F4N3O. The molecule has 30 heavy (non-hydrogen) atoms. The first kappa shape index (κ1) is 21.8. The standard InChI is InChI=1S/C22H23F4N3O/c1-13-9-18-17(27-20(13)28-19(30)11-21(2,3)4)7-8-29(18)12-14-5-6-15(23)10-16(14)22(24,25)26/h5-10H,11-12H2,1-4H3,(H,27,28,30). The summed E-state index contributed by atoms with van der Waals surface area (Å²) in [6.45, 7) is 7.56. The van der Waals surface area contributed by atoms with Gasteiger partial charge in [0.05, 0.1) is 16.6 Å². The van der Waals surface area contributed by atoms with Crippen molar-refractivity contribution in [3.05, 3.63) is 59.0 Å². The first-order chi connectivity index (χ1) is 13.8. The number of hydrogen-bond acceptors (Lipinski definition) is 2. The molecule has 0 fully saturated rings. The van der Waals surface area contributed by atoms with Crippen molar-refractivity contribution in [2.45, 2.75) is 46.8 Å². The van der Waals surface area contributed by atoms with E-state index < -0.39 is 17.6 Å². The molecule has 2 heterocycles. The summed E-state index contributed by atoms with van der Waals surface area (Å²) in [6.07, 6.45) is -2.70. The molecule has 0 aliphatic carbocycles. The van der Waals surface area contributed by atoms with Crippen molar-refractivity contribution >= 4 is 22.8 Å². The Bertz CT molecular complexity index is 1090. The van der Waals surface area contributed by atoms with Gasteiger partial charge in [-0.3, -0.25) is 4.79 Å². The topological polar surface area (TPSA) is 46.9 Å². The number of carbonyl (C=O) groups is 1. The minimum atomic E-state index is -4.65. The van der Waals surface area contributed by atoms with Crippen molar-refractivity contribution in [2.24, 2.45) is 5.41 Å². The average molecular weight is 421 g/mol. The van der Waals surface area contributed by atoms with E-state index in [-0.39, 0.29) is 23.4 Å². The van der Waals surface area contributed by atoms with Crippen LogP contribution in [0.2, 0.25) is 0 Å². The fourth-order valence-electron chi connectivity index (χ4n) is 3.26. The molecular weight excluding hydrogens is 398 g/mol. The Morgan fingerprint density at radius 3 is 2.47 bits per heavy atom. The van der Waals surface area contributed by atoms with Crippen LogP contribution in [-0.2, 0) is 17.5 Å². The number of carbonyl (C=O) groups excluding carboxylic acids is 1. The van der Waals surface area contributed by atoms with E-state index in [4.69, 9.17) is 0 Å². The monoisotopic (exact) mass is 421 g/mol. The number of alkyl halides is 3. The van der Waals surface area contributed by atoms with Gasteiger partial charge in [0.2, 0.25) is 5.91 Å². The lowest BCUT2D eigenvalue weighted by Crippen LogP contribution is -2.20. The van der Waals surface area contributed by atoms with E-state index in [9.17, 15) is 22.4 Å². The summed E-state index contributed by atoms with van der Waals surface area (Å²) >= 11 is 0. The van der Waals surface area contributed by atoms with Crippen LogP contribution in [0.1, 0.15) is 43.9 Å². The second-order valence-electron chi connectivity index (χ2n) is 8.59. The minimum absolute atomic E-state index is 0.0402. The molecule has 0 radical (unpaired) electrons. The second-order valence-corrected chi connectivity index (χ2v) is 8.59. The number of benzene rings is 1. The van der Waals surface area contributed by atoms with Gasteiger partial charge in [-0.05, 0) is 47.7 Å². The molecule has 160 valence electrons. The number of halogens is 4. The predicted molar refractivity (Wildman–Crippen MR) is 108 cm³/mol. The van der Waals surface area contributed by atoms with Gasteiger partial charge in [-0.15, -0.1) is 0 Å². The fourth-order valence-corrected chi connectivity index (χ4v) is 3.26. The highest BCUT2D eigenvalue weighted by molar-refractivity contribution is 5.92. The number of hydrogen-bond donors (Lipinski definition) is 1. The number of anilines is 1. The molecule has 8 heteroatoms. The molecule has 0 aliphatic rings. The zero-order chi connectivity index (χ0) is 22.3. The SMILES string of the molecule is Cc1cc2c(ccn2Cc2ccc(F)cc2C(F)(F)F)nc1NC(=O)CC(C)(C)C. The number of nitrogens with zero attached hydrogens (tertiary/aromatic N) is 2. The number of aryl methyl sites for hydroxylation is 1. The lowest BCUT2D eigenvalue weighted by Gasteiger charge is -2.18. The molecule has 2 aromatic heterocycles. The highest BCUT2D eigenvalue weighted by Gasteiger charge is 2.33. The highest BCUT2D eigenvalue weighted by Crippen LogP contribution is 2.33. The van der Waals surface area contributed by atoms with Gasteiger partial charge in [0.25, 0.3) is 0 Å². The van der Waals surface area contributed by atoms with Crippen molar-refractivity contribution in [1.29, 1.82) is 0 Å². The second kappa shape index (κ2) is 7.74. The third-order valence-corrected chi connectivity index (χ3v) is 4.61. The van der Waals surface area contributed by atoms with E-state index in [0.29, 0.717) is 34.9 Å². The van der Waals surface area contributed by atoms with E-state index >= 15 is 0 Å². The van der Waals surface area contributed by atoms with Crippen molar-refractivity contribution in [2.75, 3.05) is 5.32 Å². The normalized spacial score (nSPS) is 12.4. The molecule has 3 aromatic rings. The van der Waals surface area contributed by atoms with Gasteiger partial charge in [0.1, 0.15) is 11.6 Å². The van der Waals surface area contributed by atoms with Gasteiger partial charge >= 0.3 is 6.18 Å². The third kappa shape index (κ3) is 4.98. The van der Waals surface area contributed by atoms with Crippen LogP contribution in [0.5, 0.6) is 0 Å². The van der Waals surface area contributed by atoms with Gasteiger partial charge in [-0.1, -0.05) is 26.8 Å². The lowest BCUT2D eigenvalue weighted by atomic mass is 9.92. The van der Waals surface area contributed by atoms with Crippen LogP contribution in [-0.4, -0.2) is 15.5 Å². The van der Waals surface area contributed by atoms with Crippen LogP contribution in [0.3, 0.4) is 0 Å². The van der Waals surface area contributed by atoms with Crippen molar-refractivity contribution in [3.63, 3.8) is 0 Å². The average Bonchev–Trinajstić information content (AvgIpc) is 2.96. The molecule has 1 aromatic carbocycles. The quantitative estimate of drug-likeness (QED) is 0.531. The summed E-state index contributed by atoms with van der Waals surface area (Å²) in [7, 11) is 0. The summed E-state index contributed by atoms with van der Waals surface area (Å²) in [4.78, 5) is 16.7. The van der Waals surface area contributed by atoms with E-state index in [1.54, 1.807) is 29.8 Å². The Morgan fingerprint density at radius 1 is 1.13 bits per heavy atom. The number of amides is 1. The van der Waals surface area contributed by atoms with Gasteiger partial charge in [-0.2, -0.15) is 13.2 Å². The zero-order valence-corrected chi connectivity index (χ0v) is 17.2. The van der Waals surface area contributed by atoms with Crippen LogP contribution < -0.4 is 5.32 Å². The van der Waals surface area contributed by atoms with E-state index in [2.05, 4.69) is 10.3 Å². The summed E-state index contributed by atoms with van der Waals surface area (Å²) in [5.41, 5.74) is 0.652. The van der Waals surface area contributed by atoms with E-state index in [0.717, 1.165) is 12.1 Å². The van der Waals surface area contributed by atoms with Gasteiger partial charge in [0, 0.05) is 19.2 Å². The van der Waals surface area contributed by atoms with Crippen LogP contribution in [0.15, 0.2) is 36.5 Å². The molecule has 0 aliphatic heterocycles. The smallest absolute Gasteiger partial charge is 0.342 e. The predicted octanol–water partition coefficient (Wildman–Crippen LogP) is 5.93. The number of aromatic nitrogens is 2. The van der Waals surface area contributed by atoms with Crippen LogP contribution in [0.4, 0.5) is 23.4 Å². The molecule has 0 bridgehead atoms. The number of fused-ring (bicyclic) bond motifs is 1. The molecule has 0 saturated heterocycles. The van der Waals surface area contributed by atoms with E-state index in [1.807, 2.05) is 20.8 Å². The minimum Gasteiger partial charge on any atom is -0.342 e. The molecule has 3 rings (SSSR count). The van der Waals surface area contributed by atoms with Crippen molar-refractivity contribution < 1.29 is 22.4 Å². The number of rotatable bonds is 4. The molecule has 4 nitrogen and oxygen atoms in total. The Hall–Kier alpha value is -2.90. The fraction of sp³-hybridized carbons (Fsp3) is 0.364. The van der Waals surface area contributed by atoms with Gasteiger partial charge in [0.15, 0.2) is 0 Å². The van der Waals surface area contributed by atoms with Crippen molar-refractivity contribution in [1.82, 2.24) is 9.55 Å². The Labute approximate surface area is 171 Å². The van der Waals surface area contributed by atoms with Crippen molar-refractivity contribution in [3.8, 4) is 0 Å². The molecule has 0 atom stereocenters. The zero-order valence-electron chi connectivity index (χ0n) is 17.2. The summed E-state index contributed by atoms with van der Waals surface area (Å²) in [5.74, 6) is -0.665. The maximum absolute atomic E-state index is 13.4. The number of nitrogens with one attached hydrogen (secondary N) is 1. The Balaban J connectivity index is 1.92. The Morgan fingerprint density at radius 2 is 1.83 bits per heavy atom. The first-order valence-corrected chi connectivity index (χ1v) is 9.45. The molecule has 1 amide bonds. The summed E-state index contributed by atoms with van der Waals surface area (Å²) in [6, 6.07) is 6.11. The van der Waals surface area contributed by atoms with Gasteiger partial charge < -0.3 is 9.88 Å². The Kier molecular flexibility index (Phi) is 5.62. The lowest BCUT2D eigenvalue weighted by molar-refractivity contribution is -0.138. The highest BCUT2D eigenvalue weighted by atomic mass is 19.4. The van der Waals surface area contributed by atoms with Crippen LogP contribution in [0, 0.1) is 18.2 Å². The molecule has 1 N–H and O–H groups in total. The molecule has 0 saturated carbocycles. The summed E-state index contributed by atoms with van der Waals surface area (Å²) < 4.78 is 54.9. The largest absolute Gasteiger partial charge is 0.416 e. The molecule has 0 unspecified atom stereocenters. The van der Waals surface area contributed by atoms with Crippen LogP contribution in [0.25, 0.3) is 11.0 Å².